The Hall–Kier alpha value is -1.23. The van der Waals surface area contributed by atoms with Crippen LogP contribution in [0.1, 0.15) is 18.2 Å². The first-order valence-electron chi connectivity index (χ1n) is 5.61. The molecular formula is C10H11F3N2O4S. The number of halogens is 3. The summed E-state index contributed by atoms with van der Waals surface area (Å²) >= 11 is 4.77. The third-order valence-corrected chi connectivity index (χ3v) is 3.23. The van der Waals surface area contributed by atoms with Crippen molar-refractivity contribution in [1.82, 2.24) is 9.55 Å². The molecule has 6 nitrogen and oxygen atoms in total. The number of H-pyrrole nitrogens is 1. The summed E-state index contributed by atoms with van der Waals surface area (Å²) in [5.41, 5.74) is -2.79. The second kappa shape index (κ2) is 5.28. The predicted octanol–water partition coefficient (Wildman–Crippen LogP) is 0.565. The number of nitrogens with zero attached hydrogens (tertiary/aromatic N) is 1. The molecule has 0 amide bonds. The lowest BCUT2D eigenvalue weighted by molar-refractivity contribution is -0.139. The van der Waals surface area contributed by atoms with Crippen molar-refractivity contribution in [3.8, 4) is 0 Å². The van der Waals surface area contributed by atoms with Gasteiger partial charge < -0.3 is 14.9 Å². The van der Waals surface area contributed by atoms with Gasteiger partial charge in [0.25, 0.3) is 5.56 Å². The van der Waals surface area contributed by atoms with E-state index in [2.05, 4.69) is 0 Å². The van der Waals surface area contributed by atoms with Crippen LogP contribution in [0, 0.1) is 4.77 Å². The highest BCUT2D eigenvalue weighted by Gasteiger charge is 2.38. The van der Waals surface area contributed by atoms with Gasteiger partial charge in [-0.15, -0.1) is 0 Å². The number of aromatic amines is 1. The van der Waals surface area contributed by atoms with Crippen LogP contribution in [-0.4, -0.2) is 38.6 Å². The highest BCUT2D eigenvalue weighted by Crippen LogP contribution is 2.31. The van der Waals surface area contributed by atoms with Gasteiger partial charge in [0.15, 0.2) is 11.0 Å². The highest BCUT2D eigenvalue weighted by atomic mass is 32.1. The Balaban J connectivity index is 2.48. The Labute approximate surface area is 115 Å². The highest BCUT2D eigenvalue weighted by molar-refractivity contribution is 7.71. The molecular weight excluding hydrogens is 301 g/mol. The minimum Gasteiger partial charge on any atom is -0.394 e. The third-order valence-electron chi connectivity index (χ3n) is 2.92. The number of ether oxygens (including phenoxy) is 1. The van der Waals surface area contributed by atoms with Gasteiger partial charge in [-0.2, -0.15) is 13.2 Å². The van der Waals surface area contributed by atoms with Crippen molar-refractivity contribution in [3.05, 3.63) is 26.9 Å². The summed E-state index contributed by atoms with van der Waals surface area (Å²) in [5, 5.41) is 18.7. The summed E-state index contributed by atoms with van der Waals surface area (Å²) in [4.78, 5) is 13.1. The number of alkyl halides is 3. The molecule has 0 unspecified atom stereocenters. The van der Waals surface area contributed by atoms with E-state index in [1.165, 1.54) is 0 Å². The largest absolute Gasteiger partial charge is 0.423 e. The van der Waals surface area contributed by atoms with E-state index >= 15 is 0 Å². The van der Waals surface area contributed by atoms with E-state index < -0.39 is 35.7 Å². The molecule has 0 aromatic carbocycles. The normalized spacial score (nSPS) is 26.9. The van der Waals surface area contributed by atoms with Crippen LogP contribution >= 0.6 is 12.2 Å². The van der Waals surface area contributed by atoms with E-state index in [0.29, 0.717) is 6.20 Å². The van der Waals surface area contributed by atoms with Gasteiger partial charge in [-0.05, 0) is 12.2 Å². The van der Waals surface area contributed by atoms with Crippen LogP contribution in [-0.2, 0) is 10.9 Å². The minimum atomic E-state index is -4.85. The maximum atomic E-state index is 12.7. The summed E-state index contributed by atoms with van der Waals surface area (Å²) in [6, 6.07) is 0. The first kappa shape index (κ1) is 15.2. The van der Waals surface area contributed by atoms with E-state index in [-0.39, 0.29) is 17.8 Å². The predicted molar refractivity (Wildman–Crippen MR) is 62.5 cm³/mol. The molecule has 1 aromatic rings. The zero-order valence-electron chi connectivity index (χ0n) is 9.92. The van der Waals surface area contributed by atoms with E-state index in [0.717, 1.165) is 4.57 Å². The number of nitrogens with one attached hydrogen (secondary N) is 1. The maximum Gasteiger partial charge on any atom is 0.423 e. The Kier molecular flexibility index (Phi) is 4.00. The van der Waals surface area contributed by atoms with Crippen molar-refractivity contribution in [2.45, 2.75) is 31.0 Å². The van der Waals surface area contributed by atoms with Gasteiger partial charge in [-0.1, -0.05) is 0 Å². The molecule has 0 bridgehead atoms. The Morgan fingerprint density at radius 2 is 2.20 bits per heavy atom. The zero-order chi connectivity index (χ0) is 15.1. The van der Waals surface area contributed by atoms with Gasteiger partial charge in [0.05, 0.1) is 12.7 Å². The summed E-state index contributed by atoms with van der Waals surface area (Å²) in [6.45, 7) is -0.379. The molecule has 112 valence electrons. The lowest BCUT2D eigenvalue weighted by atomic mass is 10.2. The second-order valence-electron chi connectivity index (χ2n) is 4.34. The zero-order valence-corrected chi connectivity index (χ0v) is 10.7. The average molecular weight is 312 g/mol. The molecule has 2 rings (SSSR count). The number of aliphatic hydroxyl groups is 2. The molecule has 1 saturated heterocycles. The molecule has 2 heterocycles. The number of hydrogen-bond acceptors (Lipinski definition) is 5. The fourth-order valence-corrected chi connectivity index (χ4v) is 2.22. The van der Waals surface area contributed by atoms with Crippen molar-refractivity contribution >= 4 is 12.2 Å². The second-order valence-corrected chi connectivity index (χ2v) is 4.73. The van der Waals surface area contributed by atoms with Crippen molar-refractivity contribution in [1.29, 1.82) is 0 Å². The Morgan fingerprint density at radius 1 is 1.55 bits per heavy atom. The molecule has 0 radical (unpaired) electrons. The van der Waals surface area contributed by atoms with Crippen molar-refractivity contribution in [3.63, 3.8) is 0 Å². The number of rotatable bonds is 2. The van der Waals surface area contributed by atoms with Crippen LogP contribution in [0.25, 0.3) is 0 Å². The van der Waals surface area contributed by atoms with Gasteiger partial charge in [-0.3, -0.25) is 14.3 Å². The lowest BCUT2D eigenvalue weighted by Crippen LogP contribution is -2.29. The van der Waals surface area contributed by atoms with Gasteiger partial charge in [0.2, 0.25) is 0 Å². The van der Waals surface area contributed by atoms with Gasteiger partial charge >= 0.3 is 6.18 Å². The molecule has 0 saturated carbocycles. The van der Waals surface area contributed by atoms with Gasteiger partial charge in [0.1, 0.15) is 11.7 Å². The van der Waals surface area contributed by atoms with Crippen molar-refractivity contribution in [2.24, 2.45) is 0 Å². The molecule has 1 aliphatic rings. The maximum absolute atomic E-state index is 12.7. The number of aromatic nitrogens is 2. The van der Waals surface area contributed by atoms with Crippen LogP contribution < -0.4 is 5.56 Å². The van der Waals surface area contributed by atoms with Crippen LogP contribution in [0.5, 0.6) is 0 Å². The Bertz CT molecular complexity index is 612. The van der Waals surface area contributed by atoms with Crippen LogP contribution in [0.4, 0.5) is 13.2 Å². The third kappa shape index (κ3) is 2.77. The first-order chi connectivity index (χ1) is 9.24. The summed E-state index contributed by atoms with van der Waals surface area (Å²) in [5.74, 6) is 0. The first-order valence-corrected chi connectivity index (χ1v) is 6.02. The minimum absolute atomic E-state index is 0.0589. The van der Waals surface area contributed by atoms with Crippen LogP contribution in [0.3, 0.4) is 0 Å². The fraction of sp³-hybridized carbons (Fsp3) is 0.600. The van der Waals surface area contributed by atoms with E-state index in [1.54, 1.807) is 0 Å². The molecule has 20 heavy (non-hydrogen) atoms. The lowest BCUT2D eigenvalue weighted by Gasteiger charge is -2.19. The smallest absolute Gasteiger partial charge is 0.394 e. The van der Waals surface area contributed by atoms with Crippen molar-refractivity contribution in [2.75, 3.05) is 6.61 Å². The van der Waals surface area contributed by atoms with Gasteiger partial charge in [-0.25, -0.2) is 0 Å². The SMILES string of the molecule is O=c1[nH]c(=S)n([C@@H]2O[C@H](CO)C[C@H]2O)cc1C(F)(F)F. The van der Waals surface area contributed by atoms with Gasteiger partial charge in [0, 0.05) is 12.6 Å². The summed E-state index contributed by atoms with van der Waals surface area (Å²) in [7, 11) is 0. The molecule has 1 aliphatic heterocycles. The topological polar surface area (TPSA) is 87.5 Å². The standard InChI is InChI=1S/C10H11F3N2O4S/c11-10(12,13)5-2-15(9(20)14-7(5)18)8-6(17)1-4(3-16)19-8/h2,4,6,8,16-17H,1,3H2,(H,14,18,20)/t4-,6+,8+/m0/s1. The molecule has 3 atom stereocenters. The number of aliphatic hydroxyl groups excluding tert-OH is 2. The molecule has 0 spiro atoms. The van der Waals surface area contributed by atoms with E-state index in [1.807, 2.05) is 4.98 Å². The molecule has 0 aliphatic carbocycles. The van der Waals surface area contributed by atoms with Crippen LogP contribution in [0.2, 0.25) is 0 Å². The number of hydrogen-bond donors (Lipinski definition) is 3. The van der Waals surface area contributed by atoms with E-state index in [9.17, 15) is 23.1 Å². The van der Waals surface area contributed by atoms with E-state index in [4.69, 9.17) is 22.1 Å². The Morgan fingerprint density at radius 3 is 2.70 bits per heavy atom. The summed E-state index contributed by atoms with van der Waals surface area (Å²) < 4.78 is 43.8. The molecule has 1 fully saturated rings. The fourth-order valence-electron chi connectivity index (χ4n) is 1.97. The average Bonchev–Trinajstić information content (AvgIpc) is 2.69. The molecule has 3 N–H and O–H groups in total. The molecule has 10 heteroatoms. The van der Waals surface area contributed by atoms with Crippen LogP contribution in [0.15, 0.2) is 11.0 Å². The molecule has 1 aromatic heterocycles. The quantitative estimate of drug-likeness (QED) is 0.695. The van der Waals surface area contributed by atoms with Crippen molar-refractivity contribution < 1.29 is 28.1 Å². The summed E-state index contributed by atoms with van der Waals surface area (Å²) in [6.07, 6.45) is -7.29. The monoisotopic (exact) mass is 312 g/mol.